The molecule has 2 heterocycles. The summed E-state index contributed by atoms with van der Waals surface area (Å²) < 4.78 is 5.73. The number of esters is 1. The zero-order valence-electron chi connectivity index (χ0n) is 14.0. The van der Waals surface area contributed by atoms with Gasteiger partial charge in [-0.05, 0) is 48.6 Å². The lowest BCUT2D eigenvalue weighted by Crippen LogP contribution is -2.59. The average molecular weight is 316 g/mol. The van der Waals surface area contributed by atoms with E-state index in [2.05, 4.69) is 13.8 Å². The number of aryl methyl sites for hydroxylation is 1. The summed E-state index contributed by atoms with van der Waals surface area (Å²) in [7, 11) is 0. The number of phenolic OH excluding ortho intramolecular Hbond substituents is 2. The molecule has 1 aromatic rings. The molecule has 3 atom stereocenters. The van der Waals surface area contributed by atoms with E-state index in [4.69, 9.17) is 4.74 Å². The van der Waals surface area contributed by atoms with Crippen LogP contribution in [0.25, 0.3) is 0 Å². The van der Waals surface area contributed by atoms with Crippen LogP contribution in [0.3, 0.4) is 0 Å². The van der Waals surface area contributed by atoms with Crippen LogP contribution in [0.1, 0.15) is 69.2 Å². The van der Waals surface area contributed by atoms with Crippen molar-refractivity contribution in [2.75, 3.05) is 0 Å². The molecule has 5 rings (SSSR count). The first-order valence-electron chi connectivity index (χ1n) is 8.62. The Bertz CT molecular complexity index is 706. The summed E-state index contributed by atoms with van der Waals surface area (Å²) in [6.45, 7) is 6.37. The van der Waals surface area contributed by atoms with E-state index < -0.39 is 5.41 Å². The number of aromatic hydroxyl groups is 2. The molecule has 1 saturated heterocycles. The van der Waals surface area contributed by atoms with Gasteiger partial charge >= 0.3 is 5.97 Å². The molecule has 1 spiro atoms. The lowest BCUT2D eigenvalue weighted by Gasteiger charge is -2.58. The van der Waals surface area contributed by atoms with Crippen LogP contribution in [-0.2, 0) is 21.4 Å². The minimum atomic E-state index is -0.792. The van der Waals surface area contributed by atoms with Gasteiger partial charge in [0.25, 0.3) is 0 Å². The van der Waals surface area contributed by atoms with Crippen molar-refractivity contribution >= 4 is 5.97 Å². The molecule has 2 aliphatic heterocycles. The molecule has 2 aliphatic carbocycles. The second kappa shape index (κ2) is 4.43. The monoisotopic (exact) mass is 316 g/mol. The zero-order valence-corrected chi connectivity index (χ0v) is 14.0. The average Bonchev–Trinajstić information content (AvgIpc) is 2.50. The van der Waals surface area contributed by atoms with Crippen LogP contribution in [0.15, 0.2) is 6.07 Å². The minimum absolute atomic E-state index is 0.0269. The first-order valence-corrected chi connectivity index (χ1v) is 8.62. The van der Waals surface area contributed by atoms with Gasteiger partial charge in [0.05, 0.1) is 0 Å². The predicted octanol–water partition coefficient (Wildman–Crippen LogP) is 3.73. The number of fused-ring (bicyclic) bond motifs is 1. The van der Waals surface area contributed by atoms with Crippen molar-refractivity contribution in [2.45, 2.75) is 64.4 Å². The molecule has 0 radical (unpaired) electrons. The highest BCUT2D eigenvalue weighted by Gasteiger charge is 2.64. The SMILES string of the molecule is CCc1cc2c(c(O)c1O)C13CCCC(C)(C)C1CC2OC3=O. The zero-order chi connectivity index (χ0) is 16.6. The first-order chi connectivity index (χ1) is 10.8. The highest BCUT2D eigenvalue weighted by atomic mass is 16.5. The number of rotatable bonds is 1. The van der Waals surface area contributed by atoms with E-state index in [1.165, 1.54) is 0 Å². The third-order valence-electron chi connectivity index (χ3n) is 6.55. The van der Waals surface area contributed by atoms with Gasteiger partial charge in [0.2, 0.25) is 0 Å². The van der Waals surface area contributed by atoms with Gasteiger partial charge in [-0.15, -0.1) is 0 Å². The fraction of sp³-hybridized carbons (Fsp3) is 0.632. The van der Waals surface area contributed by atoms with Crippen LogP contribution >= 0.6 is 0 Å². The van der Waals surface area contributed by atoms with E-state index in [0.29, 0.717) is 24.0 Å². The molecule has 0 amide bonds. The van der Waals surface area contributed by atoms with Crippen LogP contribution in [0.2, 0.25) is 0 Å². The molecule has 2 fully saturated rings. The number of carbonyl (C=O) groups is 1. The van der Waals surface area contributed by atoms with Gasteiger partial charge < -0.3 is 14.9 Å². The number of benzene rings is 1. The Balaban J connectivity index is 2.03. The Morgan fingerprint density at radius 1 is 1.26 bits per heavy atom. The van der Waals surface area contributed by atoms with Gasteiger partial charge in [-0.1, -0.05) is 27.2 Å². The van der Waals surface area contributed by atoms with Gasteiger partial charge in [0.1, 0.15) is 11.5 Å². The maximum Gasteiger partial charge on any atom is 0.317 e. The maximum atomic E-state index is 12.9. The van der Waals surface area contributed by atoms with E-state index in [-0.39, 0.29) is 34.9 Å². The van der Waals surface area contributed by atoms with Crippen LogP contribution in [0, 0.1) is 11.3 Å². The van der Waals surface area contributed by atoms with Crippen molar-refractivity contribution in [3.05, 3.63) is 22.8 Å². The van der Waals surface area contributed by atoms with E-state index in [1.54, 1.807) is 0 Å². The van der Waals surface area contributed by atoms with Crippen molar-refractivity contribution in [1.82, 2.24) is 0 Å². The smallest absolute Gasteiger partial charge is 0.317 e. The second-order valence-electron chi connectivity index (χ2n) is 8.05. The molecular formula is C19H24O4. The Morgan fingerprint density at radius 3 is 2.70 bits per heavy atom. The quantitative estimate of drug-likeness (QED) is 0.612. The molecule has 0 aromatic heterocycles. The molecule has 4 nitrogen and oxygen atoms in total. The van der Waals surface area contributed by atoms with Crippen LogP contribution < -0.4 is 0 Å². The van der Waals surface area contributed by atoms with Gasteiger partial charge in [0.15, 0.2) is 11.5 Å². The standard InChI is InChI=1S/C19H24O4/c1-4-10-8-11-12-9-13-18(2,3)6-5-7-19(13,17(22)23-12)14(11)16(21)15(10)20/h8,12-13,20-21H,4-7,9H2,1-3H3. The number of hydrogen-bond donors (Lipinski definition) is 2. The summed E-state index contributed by atoms with van der Waals surface area (Å²) in [6.07, 6.45) is 3.86. The molecule has 124 valence electrons. The van der Waals surface area contributed by atoms with Crippen molar-refractivity contribution in [1.29, 1.82) is 0 Å². The van der Waals surface area contributed by atoms with Crippen LogP contribution in [0.5, 0.6) is 11.5 Å². The molecule has 4 aliphatic rings. The van der Waals surface area contributed by atoms with Crippen molar-refractivity contribution in [2.24, 2.45) is 11.3 Å². The van der Waals surface area contributed by atoms with E-state index in [0.717, 1.165) is 24.8 Å². The van der Waals surface area contributed by atoms with Crippen LogP contribution in [-0.4, -0.2) is 16.2 Å². The molecule has 1 aromatic carbocycles. The fourth-order valence-corrected chi connectivity index (χ4v) is 5.42. The maximum absolute atomic E-state index is 12.9. The molecule has 2 bridgehead atoms. The lowest BCUT2D eigenvalue weighted by atomic mass is 9.47. The molecule has 23 heavy (non-hydrogen) atoms. The van der Waals surface area contributed by atoms with Crippen LogP contribution in [0.4, 0.5) is 0 Å². The number of phenols is 2. The summed E-state index contributed by atoms with van der Waals surface area (Å²) in [5.41, 5.74) is 1.51. The summed E-state index contributed by atoms with van der Waals surface area (Å²) >= 11 is 0. The topological polar surface area (TPSA) is 66.8 Å². The Labute approximate surface area is 136 Å². The summed E-state index contributed by atoms with van der Waals surface area (Å²) in [5, 5.41) is 21.1. The highest BCUT2D eigenvalue weighted by molar-refractivity contribution is 5.89. The van der Waals surface area contributed by atoms with Crippen molar-refractivity contribution < 1.29 is 19.7 Å². The molecule has 2 N–H and O–H groups in total. The largest absolute Gasteiger partial charge is 0.504 e. The molecule has 4 heteroatoms. The molecular weight excluding hydrogens is 292 g/mol. The van der Waals surface area contributed by atoms with E-state index >= 15 is 0 Å². The van der Waals surface area contributed by atoms with Gasteiger partial charge in [-0.2, -0.15) is 0 Å². The fourth-order valence-electron chi connectivity index (χ4n) is 5.42. The normalized spacial score (nSPS) is 33.8. The Kier molecular flexibility index (Phi) is 2.86. The Morgan fingerprint density at radius 2 is 2.00 bits per heavy atom. The third kappa shape index (κ3) is 1.64. The summed E-state index contributed by atoms with van der Waals surface area (Å²) in [4.78, 5) is 12.9. The second-order valence-corrected chi connectivity index (χ2v) is 8.05. The van der Waals surface area contributed by atoms with Gasteiger partial charge in [0, 0.05) is 11.1 Å². The Hall–Kier alpha value is -1.71. The van der Waals surface area contributed by atoms with Crippen molar-refractivity contribution in [3.8, 4) is 11.5 Å². The summed E-state index contributed by atoms with van der Waals surface area (Å²) in [5.74, 6) is -0.218. The molecule has 1 saturated carbocycles. The lowest BCUT2D eigenvalue weighted by molar-refractivity contribution is -0.185. The minimum Gasteiger partial charge on any atom is -0.504 e. The first kappa shape index (κ1) is 14.9. The number of carbonyl (C=O) groups excluding carboxylic acids is 1. The highest BCUT2D eigenvalue weighted by Crippen LogP contribution is 2.66. The number of ether oxygens (including phenoxy) is 1. The summed E-state index contributed by atoms with van der Waals surface area (Å²) in [6, 6.07) is 1.93. The van der Waals surface area contributed by atoms with Gasteiger partial charge in [-0.3, -0.25) is 4.79 Å². The van der Waals surface area contributed by atoms with E-state index in [9.17, 15) is 15.0 Å². The van der Waals surface area contributed by atoms with Crippen molar-refractivity contribution in [3.63, 3.8) is 0 Å². The molecule has 3 unspecified atom stereocenters. The third-order valence-corrected chi connectivity index (χ3v) is 6.55. The van der Waals surface area contributed by atoms with Gasteiger partial charge in [-0.25, -0.2) is 0 Å². The number of hydrogen-bond acceptors (Lipinski definition) is 4. The van der Waals surface area contributed by atoms with E-state index in [1.807, 2.05) is 13.0 Å². The predicted molar refractivity (Wildman–Crippen MR) is 85.4 cm³/mol.